The van der Waals surface area contributed by atoms with Crippen LogP contribution in [0.15, 0.2) is 66.7 Å². The van der Waals surface area contributed by atoms with Gasteiger partial charge < -0.3 is 0 Å². The maximum Gasteiger partial charge on any atom is 0.242 e. The Morgan fingerprint density at radius 1 is 0.619 bits per heavy atom. The molecule has 1 heterocycles. The quantitative estimate of drug-likeness (QED) is 0.466. The van der Waals surface area contributed by atoms with Crippen molar-refractivity contribution in [1.82, 2.24) is 0 Å². The minimum absolute atomic E-state index is 0.373. The van der Waals surface area contributed by atoms with Crippen LogP contribution >= 0.6 is 0 Å². The van der Waals surface area contributed by atoms with Crippen molar-refractivity contribution >= 4 is 23.1 Å². The van der Waals surface area contributed by atoms with E-state index in [-0.39, 0.29) is 0 Å². The third-order valence-electron chi connectivity index (χ3n) is 4.46. The summed E-state index contributed by atoms with van der Waals surface area (Å²) in [6.45, 7) is 4.72. The molecule has 3 aromatic rings. The minimum Gasteiger partial charge on any atom is -0.0686 e. The first-order chi connectivity index (χ1) is 10.2. The second kappa shape index (κ2) is 4.63. The zero-order valence-electron chi connectivity index (χ0n) is 12.4. The van der Waals surface area contributed by atoms with Crippen molar-refractivity contribution in [2.45, 2.75) is 13.8 Å². The first-order valence-corrected chi connectivity index (χ1v) is 7.50. The van der Waals surface area contributed by atoms with Crippen LogP contribution in [0, 0.1) is 13.8 Å². The Morgan fingerprint density at radius 2 is 1.14 bits per heavy atom. The van der Waals surface area contributed by atoms with Gasteiger partial charge in [0.1, 0.15) is 0 Å². The van der Waals surface area contributed by atoms with E-state index in [0.29, 0.717) is 6.71 Å². The Hall–Kier alpha value is -2.28. The lowest BCUT2D eigenvalue weighted by molar-refractivity contribution is 1.47. The smallest absolute Gasteiger partial charge is 0.0686 e. The zero-order chi connectivity index (χ0) is 14.4. The lowest BCUT2D eigenvalue weighted by atomic mass is 9.39. The third kappa shape index (κ3) is 1.92. The highest BCUT2D eigenvalue weighted by molar-refractivity contribution is 6.99. The Bertz CT molecular complexity index is 767. The van der Waals surface area contributed by atoms with Crippen LogP contribution in [0.3, 0.4) is 0 Å². The van der Waals surface area contributed by atoms with Gasteiger partial charge in [-0.25, -0.2) is 0 Å². The number of hydrogen-bond donors (Lipinski definition) is 0. The Labute approximate surface area is 126 Å². The molecule has 0 radical (unpaired) electrons. The van der Waals surface area contributed by atoms with Crippen molar-refractivity contribution in [2.24, 2.45) is 0 Å². The minimum atomic E-state index is 0.373. The fourth-order valence-corrected chi connectivity index (χ4v) is 3.48. The molecule has 0 spiro atoms. The van der Waals surface area contributed by atoms with Crippen LogP contribution in [0.5, 0.6) is 0 Å². The normalized spacial score (nSPS) is 12.2. The standard InChI is InChI=1S/C20H17B/c1-14-8-10-19-17(12-14)18-13-15(2)9-11-20(18)21(19)16-6-4-3-5-7-16/h3-13H,1-2H3. The summed E-state index contributed by atoms with van der Waals surface area (Å²) in [7, 11) is 0. The molecule has 0 unspecified atom stereocenters. The van der Waals surface area contributed by atoms with Gasteiger partial charge in [0.05, 0.1) is 0 Å². The molecule has 0 saturated heterocycles. The summed E-state index contributed by atoms with van der Waals surface area (Å²) in [4.78, 5) is 0. The zero-order valence-corrected chi connectivity index (χ0v) is 12.4. The molecule has 0 nitrogen and oxygen atoms in total. The Kier molecular flexibility index (Phi) is 2.75. The SMILES string of the molecule is Cc1ccc2c(c1)-c1cc(C)ccc1B2c1ccccc1. The molecule has 0 atom stereocenters. The number of rotatable bonds is 1. The number of aryl methyl sites for hydroxylation is 2. The van der Waals surface area contributed by atoms with Crippen LogP contribution < -0.4 is 16.4 Å². The average molecular weight is 268 g/mol. The summed E-state index contributed by atoms with van der Waals surface area (Å²) in [5.41, 5.74) is 9.72. The first kappa shape index (κ1) is 12.5. The second-order valence-corrected chi connectivity index (χ2v) is 6.03. The van der Waals surface area contributed by atoms with Crippen LogP contribution in [0.1, 0.15) is 11.1 Å². The molecule has 1 heteroatoms. The maximum absolute atomic E-state index is 2.33. The molecule has 1 aliphatic rings. The fourth-order valence-electron chi connectivity index (χ4n) is 3.48. The van der Waals surface area contributed by atoms with E-state index in [0.717, 1.165) is 0 Å². The lowest BCUT2D eigenvalue weighted by Crippen LogP contribution is -2.48. The molecular weight excluding hydrogens is 251 g/mol. The third-order valence-corrected chi connectivity index (χ3v) is 4.46. The molecule has 4 rings (SSSR count). The largest absolute Gasteiger partial charge is 0.242 e. The summed E-state index contributed by atoms with van der Waals surface area (Å²) in [6.07, 6.45) is 0. The summed E-state index contributed by atoms with van der Waals surface area (Å²) in [5.74, 6) is 0. The molecule has 0 aromatic heterocycles. The van der Waals surface area contributed by atoms with Crippen molar-refractivity contribution in [2.75, 3.05) is 0 Å². The van der Waals surface area contributed by atoms with Crippen molar-refractivity contribution in [3.05, 3.63) is 77.9 Å². The first-order valence-electron chi connectivity index (χ1n) is 7.50. The molecule has 0 fully saturated rings. The van der Waals surface area contributed by atoms with Gasteiger partial charge in [-0.2, -0.15) is 0 Å². The van der Waals surface area contributed by atoms with Crippen LogP contribution in [0.2, 0.25) is 0 Å². The van der Waals surface area contributed by atoms with E-state index >= 15 is 0 Å². The van der Waals surface area contributed by atoms with E-state index < -0.39 is 0 Å². The Morgan fingerprint density at radius 3 is 1.67 bits per heavy atom. The highest BCUT2D eigenvalue weighted by atomic mass is 14.2. The van der Waals surface area contributed by atoms with Gasteiger partial charge in [0, 0.05) is 0 Å². The van der Waals surface area contributed by atoms with Crippen molar-refractivity contribution in [3.8, 4) is 11.1 Å². The average Bonchev–Trinajstić information content (AvgIpc) is 2.81. The van der Waals surface area contributed by atoms with Crippen LogP contribution in [0.25, 0.3) is 11.1 Å². The summed E-state index contributed by atoms with van der Waals surface area (Å²) in [5, 5.41) is 0. The molecular formula is C20H17B. The number of benzene rings is 3. The highest BCUT2D eigenvalue weighted by Gasteiger charge is 2.32. The van der Waals surface area contributed by atoms with Crippen molar-refractivity contribution in [3.63, 3.8) is 0 Å². The topological polar surface area (TPSA) is 0 Å². The monoisotopic (exact) mass is 268 g/mol. The van der Waals surface area contributed by atoms with E-state index in [1.54, 1.807) is 0 Å². The molecule has 0 bridgehead atoms. The van der Waals surface area contributed by atoms with Gasteiger partial charge in [-0.1, -0.05) is 94.2 Å². The van der Waals surface area contributed by atoms with Crippen LogP contribution in [-0.2, 0) is 0 Å². The highest BCUT2D eigenvalue weighted by Crippen LogP contribution is 2.24. The van der Waals surface area contributed by atoms with E-state index in [2.05, 4.69) is 80.6 Å². The second-order valence-electron chi connectivity index (χ2n) is 6.03. The molecule has 1 aliphatic heterocycles. The van der Waals surface area contributed by atoms with E-state index in [1.807, 2.05) is 0 Å². The van der Waals surface area contributed by atoms with Gasteiger partial charge in [0.25, 0.3) is 0 Å². The van der Waals surface area contributed by atoms with Gasteiger partial charge in [0.2, 0.25) is 6.71 Å². The predicted octanol–water partition coefficient (Wildman–Crippen LogP) is 2.80. The number of fused-ring (bicyclic) bond motifs is 3. The molecule has 0 amide bonds. The van der Waals surface area contributed by atoms with Gasteiger partial charge in [-0.3, -0.25) is 0 Å². The fraction of sp³-hybridized carbons (Fsp3) is 0.100. The molecule has 100 valence electrons. The van der Waals surface area contributed by atoms with E-state index in [1.165, 1.54) is 38.6 Å². The van der Waals surface area contributed by atoms with Gasteiger partial charge in [-0.15, -0.1) is 0 Å². The molecule has 0 N–H and O–H groups in total. The number of hydrogen-bond acceptors (Lipinski definition) is 0. The van der Waals surface area contributed by atoms with Gasteiger partial charge >= 0.3 is 0 Å². The molecule has 21 heavy (non-hydrogen) atoms. The van der Waals surface area contributed by atoms with Crippen LogP contribution in [0.4, 0.5) is 0 Å². The Balaban J connectivity index is 2.02. The van der Waals surface area contributed by atoms with Gasteiger partial charge in [-0.05, 0) is 25.0 Å². The van der Waals surface area contributed by atoms with E-state index in [9.17, 15) is 0 Å². The lowest BCUT2D eigenvalue weighted by Gasteiger charge is -2.10. The van der Waals surface area contributed by atoms with Crippen LogP contribution in [-0.4, -0.2) is 6.71 Å². The van der Waals surface area contributed by atoms with Crippen molar-refractivity contribution in [1.29, 1.82) is 0 Å². The predicted molar refractivity (Wildman–Crippen MR) is 92.5 cm³/mol. The summed E-state index contributed by atoms with van der Waals surface area (Å²) in [6, 6.07) is 24.6. The van der Waals surface area contributed by atoms with Crippen molar-refractivity contribution < 1.29 is 0 Å². The van der Waals surface area contributed by atoms with E-state index in [4.69, 9.17) is 0 Å². The van der Waals surface area contributed by atoms with Gasteiger partial charge in [0.15, 0.2) is 0 Å². The maximum atomic E-state index is 2.33. The molecule has 0 saturated carbocycles. The summed E-state index contributed by atoms with van der Waals surface area (Å²) < 4.78 is 0. The summed E-state index contributed by atoms with van der Waals surface area (Å²) >= 11 is 0. The molecule has 0 aliphatic carbocycles. The molecule has 3 aromatic carbocycles.